The van der Waals surface area contributed by atoms with Gasteiger partial charge in [0.05, 0.1) is 24.6 Å². The average molecular weight is 522 g/mol. The summed E-state index contributed by atoms with van der Waals surface area (Å²) < 4.78 is 64.4. The molecule has 1 aliphatic rings. The molecule has 4 rings (SSSR count). The molecule has 36 heavy (non-hydrogen) atoms. The third-order valence-electron chi connectivity index (χ3n) is 5.10. The van der Waals surface area contributed by atoms with E-state index in [1.54, 1.807) is 36.9 Å². The maximum absolute atomic E-state index is 12.7. The Kier molecular flexibility index (Phi) is 6.75. The maximum Gasteiger partial charge on any atom is 0.390 e. The lowest BCUT2D eigenvalue weighted by molar-refractivity contribution is -0.132. The van der Waals surface area contributed by atoms with Crippen molar-refractivity contribution in [2.45, 2.75) is 26.4 Å². The van der Waals surface area contributed by atoms with E-state index in [9.17, 15) is 17.4 Å². The van der Waals surface area contributed by atoms with Crippen molar-refractivity contribution in [3.63, 3.8) is 0 Å². The number of benzene rings is 1. The van der Waals surface area contributed by atoms with Crippen LogP contribution in [-0.4, -0.2) is 66.2 Å². The standard InChI is InChI=1S/C21H22F3N9O2S/c1-4-32(10-7-21(22,23)24)14-5-6-15(13(2)11-14)28-17-19-30-29-18(16-12-26-8-9-27-16)33(19)31-20(17)35-36(3,25)34/h5-6,8-9,11-12,25H,4,7,10H2,1-3H3. The minimum Gasteiger partial charge on any atom is -0.371 e. The second kappa shape index (κ2) is 9.64. The predicted molar refractivity (Wildman–Crippen MR) is 128 cm³/mol. The number of fused-ring (bicyclic) bond motifs is 1. The Morgan fingerprint density at radius 3 is 2.58 bits per heavy atom. The molecule has 0 saturated heterocycles. The number of nitrogens with one attached hydrogen (secondary N) is 1. The number of aliphatic imine (C=N–C) groups is 1. The Morgan fingerprint density at radius 1 is 1.22 bits per heavy atom. The van der Waals surface area contributed by atoms with E-state index in [0.717, 1.165) is 6.26 Å². The van der Waals surface area contributed by atoms with Crippen LogP contribution in [-0.2, 0) is 14.2 Å². The highest BCUT2D eigenvalue weighted by atomic mass is 32.2. The molecular formula is C21H22F3N9O2S. The lowest BCUT2D eigenvalue weighted by Gasteiger charge is -2.24. The first-order valence-corrected chi connectivity index (χ1v) is 12.6. The van der Waals surface area contributed by atoms with Gasteiger partial charge in [-0.3, -0.25) is 4.98 Å². The fourth-order valence-corrected chi connectivity index (χ4v) is 3.86. The normalized spacial score (nSPS) is 15.9. The fourth-order valence-electron chi connectivity index (χ4n) is 3.45. The number of halogens is 3. The van der Waals surface area contributed by atoms with Gasteiger partial charge in [-0.2, -0.15) is 17.8 Å². The first-order valence-electron chi connectivity index (χ1n) is 10.7. The Morgan fingerprint density at radius 2 is 1.97 bits per heavy atom. The van der Waals surface area contributed by atoms with Gasteiger partial charge in [-0.05, 0) is 37.6 Å². The molecule has 1 aliphatic heterocycles. The van der Waals surface area contributed by atoms with Crippen LogP contribution in [0.2, 0.25) is 0 Å². The van der Waals surface area contributed by atoms with Gasteiger partial charge in [0.1, 0.15) is 5.69 Å². The Hall–Kier alpha value is -3.88. The van der Waals surface area contributed by atoms with Crippen molar-refractivity contribution in [3.8, 4) is 11.5 Å². The second-order valence-electron chi connectivity index (χ2n) is 7.89. The zero-order valence-electron chi connectivity index (χ0n) is 19.5. The molecule has 1 N–H and O–H groups in total. The second-order valence-corrected chi connectivity index (χ2v) is 9.60. The Labute approximate surface area is 204 Å². The van der Waals surface area contributed by atoms with E-state index < -0.39 is 22.6 Å². The molecule has 0 bridgehead atoms. The summed E-state index contributed by atoms with van der Waals surface area (Å²) in [7, 11) is -3.46. The van der Waals surface area contributed by atoms with Crippen molar-refractivity contribution < 1.29 is 21.6 Å². The van der Waals surface area contributed by atoms with Crippen LogP contribution < -0.4 is 4.90 Å². The van der Waals surface area contributed by atoms with Crippen molar-refractivity contribution >= 4 is 33.0 Å². The maximum atomic E-state index is 12.7. The zero-order chi connectivity index (χ0) is 26.1. The van der Waals surface area contributed by atoms with Crippen molar-refractivity contribution in [3.05, 3.63) is 48.2 Å². The van der Waals surface area contributed by atoms with Crippen molar-refractivity contribution in [1.29, 1.82) is 4.78 Å². The van der Waals surface area contributed by atoms with Crippen LogP contribution in [0.25, 0.3) is 11.5 Å². The van der Waals surface area contributed by atoms with Crippen LogP contribution in [0.15, 0.2) is 46.9 Å². The summed E-state index contributed by atoms with van der Waals surface area (Å²) in [5.74, 6) is 0.238. The van der Waals surface area contributed by atoms with Gasteiger partial charge in [0.25, 0.3) is 5.90 Å². The third-order valence-corrected chi connectivity index (χ3v) is 5.58. The molecule has 1 aromatic carbocycles. The van der Waals surface area contributed by atoms with Gasteiger partial charge in [0, 0.05) is 31.2 Å². The van der Waals surface area contributed by atoms with Gasteiger partial charge in [0.15, 0.2) is 5.71 Å². The highest BCUT2D eigenvalue weighted by Gasteiger charge is 2.33. The molecule has 0 fully saturated rings. The largest absolute Gasteiger partial charge is 0.390 e. The summed E-state index contributed by atoms with van der Waals surface area (Å²) in [5, 5.41) is 12.5. The first-order chi connectivity index (χ1) is 16.9. The minimum atomic E-state index is -4.25. The van der Waals surface area contributed by atoms with E-state index in [1.807, 2.05) is 0 Å². The highest BCUT2D eigenvalue weighted by molar-refractivity contribution is 7.87. The molecule has 3 heterocycles. The van der Waals surface area contributed by atoms with E-state index in [2.05, 4.69) is 30.3 Å². The number of anilines is 1. The van der Waals surface area contributed by atoms with Crippen LogP contribution >= 0.6 is 0 Å². The van der Waals surface area contributed by atoms with Crippen molar-refractivity contribution in [2.24, 2.45) is 10.1 Å². The quantitative estimate of drug-likeness (QED) is 0.501. The van der Waals surface area contributed by atoms with Crippen molar-refractivity contribution in [1.82, 2.24) is 24.8 Å². The Bertz CT molecular complexity index is 1430. The smallest absolute Gasteiger partial charge is 0.371 e. The summed E-state index contributed by atoms with van der Waals surface area (Å²) in [5.41, 5.74) is 2.22. The van der Waals surface area contributed by atoms with Gasteiger partial charge in [0.2, 0.25) is 21.7 Å². The number of hydrogen-bond donors (Lipinski definition) is 1. The number of rotatable bonds is 7. The predicted octanol–water partition coefficient (Wildman–Crippen LogP) is 3.73. The van der Waals surface area contributed by atoms with Crippen molar-refractivity contribution in [2.75, 3.05) is 24.2 Å². The van der Waals surface area contributed by atoms with Gasteiger partial charge < -0.3 is 9.08 Å². The summed E-state index contributed by atoms with van der Waals surface area (Å²) >= 11 is 0. The third kappa shape index (κ3) is 5.67. The molecule has 2 aromatic heterocycles. The zero-order valence-corrected chi connectivity index (χ0v) is 20.3. The van der Waals surface area contributed by atoms with E-state index in [-0.39, 0.29) is 29.8 Å². The van der Waals surface area contributed by atoms with Crippen LogP contribution in [0, 0.1) is 11.7 Å². The van der Waals surface area contributed by atoms with Gasteiger partial charge >= 0.3 is 6.18 Å². The molecule has 11 nitrogen and oxygen atoms in total. The molecule has 1 atom stereocenters. The molecule has 0 amide bonds. The number of hydrogen-bond acceptors (Lipinski definition) is 10. The van der Waals surface area contributed by atoms with Crippen LogP contribution in [0.4, 0.5) is 24.5 Å². The first kappa shape index (κ1) is 25.2. The van der Waals surface area contributed by atoms with Crippen LogP contribution in [0.3, 0.4) is 0 Å². The van der Waals surface area contributed by atoms with Crippen LogP contribution in [0.1, 0.15) is 24.7 Å². The molecule has 190 valence electrons. The molecular weight excluding hydrogens is 499 g/mol. The number of aromatic nitrogens is 5. The summed E-state index contributed by atoms with van der Waals surface area (Å²) in [4.78, 5) is 14.4. The Balaban J connectivity index is 1.71. The summed E-state index contributed by atoms with van der Waals surface area (Å²) in [6, 6.07) is 5.05. The number of alkyl halides is 3. The molecule has 0 aliphatic carbocycles. The van der Waals surface area contributed by atoms with E-state index in [4.69, 9.17) is 8.96 Å². The van der Waals surface area contributed by atoms with E-state index in [0.29, 0.717) is 29.2 Å². The minimum absolute atomic E-state index is 0.0970. The molecule has 3 aromatic rings. The van der Waals surface area contributed by atoms with Gasteiger partial charge in [-0.15, -0.1) is 15.3 Å². The highest BCUT2D eigenvalue weighted by Crippen LogP contribution is 2.29. The molecule has 0 saturated carbocycles. The number of aryl methyl sites for hydroxylation is 1. The fraction of sp³-hybridized carbons (Fsp3) is 0.333. The van der Waals surface area contributed by atoms with E-state index >= 15 is 0 Å². The van der Waals surface area contributed by atoms with Gasteiger partial charge in [-0.25, -0.2) is 19.0 Å². The lowest BCUT2D eigenvalue weighted by Crippen LogP contribution is -2.27. The average Bonchev–Trinajstić information content (AvgIpc) is 3.34. The summed E-state index contributed by atoms with van der Waals surface area (Å²) in [6.45, 7) is 3.77. The lowest BCUT2D eigenvalue weighted by atomic mass is 10.1. The molecule has 0 spiro atoms. The van der Waals surface area contributed by atoms with Gasteiger partial charge in [-0.1, -0.05) is 0 Å². The molecule has 1 unspecified atom stereocenters. The molecule has 15 heteroatoms. The summed E-state index contributed by atoms with van der Waals surface area (Å²) in [6.07, 6.45) is 0.366. The molecule has 0 radical (unpaired) electrons. The van der Waals surface area contributed by atoms with Crippen LogP contribution in [0.5, 0.6) is 0 Å². The van der Waals surface area contributed by atoms with E-state index in [1.165, 1.54) is 23.3 Å². The number of nitrogens with zero attached hydrogens (tertiary/aromatic N) is 8. The topological polar surface area (TPSA) is 135 Å². The SMILES string of the molecule is CCN(CCC(F)(F)F)c1ccc(N=C2C(OS(C)(=N)=O)=Nn3c2nnc3-c2cnccn2)c(C)c1. The monoisotopic (exact) mass is 521 g/mol.